The molecule has 0 amide bonds. The Morgan fingerprint density at radius 3 is 1.54 bits per heavy atom. The van der Waals surface area contributed by atoms with Gasteiger partial charge in [0.05, 0.1) is 11.6 Å². The van der Waals surface area contributed by atoms with Crippen LogP contribution in [0.1, 0.15) is 0 Å². The summed E-state index contributed by atoms with van der Waals surface area (Å²) in [6, 6.07) is 0. The molecule has 1 aromatic rings. The van der Waals surface area contributed by atoms with Gasteiger partial charge in [-0.1, -0.05) is 0 Å². The summed E-state index contributed by atoms with van der Waals surface area (Å²) in [4.78, 5) is -2.54. The second-order valence-electron chi connectivity index (χ2n) is 3.71. The highest BCUT2D eigenvalue weighted by atomic mass is 79.9. The molecule has 0 heterocycles. The van der Waals surface area contributed by atoms with Crippen molar-refractivity contribution in [2.45, 2.75) is 14.7 Å². The first-order chi connectivity index (χ1) is 10.2. The van der Waals surface area contributed by atoms with Gasteiger partial charge in [-0.25, -0.2) is 0 Å². The van der Waals surface area contributed by atoms with Crippen LogP contribution in [0, 0.1) is 5.39 Å². The second kappa shape index (κ2) is 7.05. The first-order valence-electron chi connectivity index (χ1n) is 4.89. The Hall–Kier alpha value is -1.06. The molecule has 0 aliphatic heterocycles. The highest BCUT2D eigenvalue weighted by Crippen LogP contribution is 2.48. The Labute approximate surface area is 150 Å². The summed E-state index contributed by atoms with van der Waals surface area (Å²) in [6.07, 6.45) is 0. The molecule has 0 aromatic heterocycles. The quantitative estimate of drug-likeness (QED) is 0.303. The van der Waals surface area contributed by atoms with Gasteiger partial charge >= 0.3 is 25.9 Å². The number of benzene rings is 1. The zero-order valence-corrected chi connectivity index (χ0v) is 15.9. The molecule has 0 bridgehead atoms. The number of rotatable bonds is 4. The van der Waals surface area contributed by atoms with Crippen molar-refractivity contribution in [3.05, 3.63) is 9.45 Å². The maximum atomic E-state index is 11.4. The van der Waals surface area contributed by atoms with E-state index in [0.717, 1.165) is 7.11 Å². The molecule has 0 aliphatic rings. The summed E-state index contributed by atoms with van der Waals surface area (Å²) in [5.74, 6) is -1.000. The van der Waals surface area contributed by atoms with Gasteiger partial charge in [0.25, 0.3) is 10.1 Å². The average Bonchev–Trinajstić information content (AvgIpc) is 2.33. The number of methoxy groups -OCH3 is 1. The number of ether oxygens (including phenoxy) is 1. The molecule has 17 heteroatoms. The maximum Gasteiger partial charge on any atom is 0.432 e. The van der Waals surface area contributed by atoms with Gasteiger partial charge in [-0.05, 0) is 15.9 Å². The minimum absolute atomic E-state index is 0. The lowest BCUT2D eigenvalue weighted by Gasteiger charge is -2.12. The Morgan fingerprint density at radius 1 is 0.917 bits per heavy atom. The third kappa shape index (κ3) is 4.12. The van der Waals surface area contributed by atoms with Crippen molar-refractivity contribution >= 4 is 52.0 Å². The van der Waals surface area contributed by atoms with Gasteiger partial charge in [-0.2, -0.15) is 25.3 Å². The SMILES string of the molecule is COc1c(Br)c(S(=O)(=O)O)c(S(=O)(=O)O)c([N+]#N)c1S(=O)(=O)O.[Cl-]. The van der Waals surface area contributed by atoms with Crippen LogP contribution in [0.3, 0.4) is 0 Å². The van der Waals surface area contributed by atoms with E-state index in [0.29, 0.717) is 0 Å². The number of nitrogens with zero attached hydrogens (tertiary/aromatic N) is 2. The van der Waals surface area contributed by atoms with Crippen LogP contribution in [0.2, 0.25) is 0 Å². The minimum atomic E-state index is -5.54. The van der Waals surface area contributed by atoms with Crippen molar-refractivity contribution in [2.24, 2.45) is 0 Å². The van der Waals surface area contributed by atoms with Crippen LogP contribution in [-0.2, 0) is 30.4 Å². The fourth-order valence-corrected chi connectivity index (χ4v) is 5.91. The van der Waals surface area contributed by atoms with E-state index in [2.05, 4.69) is 25.6 Å². The molecule has 0 unspecified atom stereocenters. The molecule has 24 heavy (non-hydrogen) atoms. The van der Waals surface area contributed by atoms with E-state index in [1.165, 1.54) is 0 Å². The molecular weight excluding hydrogens is 484 g/mol. The van der Waals surface area contributed by atoms with E-state index in [-0.39, 0.29) is 12.4 Å². The predicted octanol–water partition coefficient (Wildman–Crippen LogP) is -2.31. The van der Waals surface area contributed by atoms with Crippen LogP contribution in [0.5, 0.6) is 5.75 Å². The molecule has 1 rings (SSSR count). The summed E-state index contributed by atoms with van der Waals surface area (Å²) in [7, 11) is -15.4. The van der Waals surface area contributed by atoms with Crippen LogP contribution in [0.15, 0.2) is 19.2 Å². The van der Waals surface area contributed by atoms with Crippen molar-refractivity contribution in [3.63, 3.8) is 0 Å². The summed E-state index contributed by atoms with van der Waals surface area (Å²) in [5, 5.41) is 8.85. The van der Waals surface area contributed by atoms with Crippen molar-refractivity contribution in [1.82, 2.24) is 0 Å². The largest absolute Gasteiger partial charge is 1.00 e. The van der Waals surface area contributed by atoms with E-state index in [9.17, 15) is 25.3 Å². The zero-order valence-electron chi connectivity index (χ0n) is 11.1. The summed E-state index contributed by atoms with van der Waals surface area (Å²) < 4.78 is 99.2. The Balaban J connectivity index is 0.00000529. The fourth-order valence-electron chi connectivity index (χ4n) is 1.60. The molecular formula is C7H6BrClN2O10S3. The molecule has 0 fully saturated rings. The molecule has 0 aliphatic carbocycles. The monoisotopic (exact) mass is 488 g/mol. The summed E-state index contributed by atoms with van der Waals surface area (Å²) in [5.41, 5.74) is -1.58. The van der Waals surface area contributed by atoms with Crippen LogP contribution < -0.4 is 17.1 Å². The molecule has 12 nitrogen and oxygen atoms in total. The molecule has 0 saturated heterocycles. The highest BCUT2D eigenvalue weighted by Gasteiger charge is 2.46. The van der Waals surface area contributed by atoms with Crippen molar-refractivity contribution in [3.8, 4) is 5.75 Å². The Kier molecular flexibility index (Phi) is 6.74. The third-order valence-corrected chi connectivity index (χ3v) is 6.20. The van der Waals surface area contributed by atoms with Gasteiger partial charge < -0.3 is 17.1 Å². The average molecular weight is 490 g/mol. The first-order valence-corrected chi connectivity index (χ1v) is 10.00. The molecule has 0 saturated carbocycles. The highest BCUT2D eigenvalue weighted by molar-refractivity contribution is 9.10. The van der Waals surface area contributed by atoms with Crippen molar-refractivity contribution in [2.75, 3.05) is 7.11 Å². The predicted molar refractivity (Wildman–Crippen MR) is 74.9 cm³/mol. The normalized spacial score (nSPS) is 12.2. The van der Waals surface area contributed by atoms with Crippen LogP contribution in [0.25, 0.3) is 4.98 Å². The van der Waals surface area contributed by atoms with E-state index in [4.69, 9.17) is 19.1 Å². The minimum Gasteiger partial charge on any atom is -1.00 e. The zero-order chi connectivity index (χ0) is 18.4. The molecule has 1 aromatic carbocycles. The van der Waals surface area contributed by atoms with Crippen molar-refractivity contribution in [1.29, 1.82) is 5.39 Å². The van der Waals surface area contributed by atoms with Crippen molar-refractivity contribution < 1.29 is 56.1 Å². The molecule has 0 spiro atoms. The molecule has 0 radical (unpaired) electrons. The van der Waals surface area contributed by atoms with E-state index in [1.54, 1.807) is 0 Å². The van der Waals surface area contributed by atoms with Gasteiger partial charge in [0.1, 0.15) is 4.90 Å². The maximum absolute atomic E-state index is 11.4. The van der Waals surface area contributed by atoms with E-state index >= 15 is 0 Å². The van der Waals surface area contributed by atoms with Gasteiger partial charge in [0.15, 0.2) is 10.7 Å². The Bertz CT molecular complexity index is 1040. The van der Waals surface area contributed by atoms with E-state index in [1.807, 2.05) is 0 Å². The first kappa shape index (κ1) is 22.9. The number of hydrogen-bond donors (Lipinski definition) is 3. The van der Waals surface area contributed by atoms with E-state index < -0.39 is 61.0 Å². The second-order valence-corrected chi connectivity index (χ2v) is 8.58. The van der Waals surface area contributed by atoms with Gasteiger partial charge in [0.2, 0.25) is 15.2 Å². The molecule has 0 atom stereocenters. The lowest BCUT2D eigenvalue weighted by atomic mass is 10.3. The smallest absolute Gasteiger partial charge is 0.432 e. The standard InChI is InChI=1S/C7H5BrN2O10S3.ClH/c1-20-4-2(8)5(21(11,12)13)7(23(17,18)19)3(10-9)6(4)22(14,15)16;/h1H3,(H2-,11,12,13,14,15,16,17,18,19);1H. The van der Waals surface area contributed by atoms with Gasteiger partial charge in [0, 0.05) is 0 Å². The number of halogens is 2. The fraction of sp³-hybridized carbons (Fsp3) is 0.143. The molecule has 3 N–H and O–H groups in total. The van der Waals surface area contributed by atoms with Gasteiger partial charge in [-0.3, -0.25) is 13.7 Å². The van der Waals surface area contributed by atoms with Gasteiger partial charge in [-0.15, -0.1) is 0 Å². The lowest BCUT2D eigenvalue weighted by molar-refractivity contribution is -0.0000175. The molecule has 136 valence electrons. The van der Waals surface area contributed by atoms with Crippen LogP contribution >= 0.6 is 15.9 Å². The topological polar surface area (TPSA) is 200 Å². The van der Waals surface area contributed by atoms with Crippen LogP contribution in [-0.4, -0.2) is 46.0 Å². The van der Waals surface area contributed by atoms with Crippen LogP contribution in [0.4, 0.5) is 5.69 Å². The lowest BCUT2D eigenvalue weighted by Crippen LogP contribution is -3.00. The summed E-state index contributed by atoms with van der Waals surface area (Å²) >= 11 is 2.49. The third-order valence-electron chi connectivity index (χ3n) is 2.32. The summed E-state index contributed by atoms with van der Waals surface area (Å²) in [6.45, 7) is 0. The Morgan fingerprint density at radius 2 is 1.29 bits per heavy atom. The number of diazo groups is 1. The number of hydrogen-bond acceptors (Lipinski definition) is 8.